The van der Waals surface area contributed by atoms with Crippen LogP contribution in [0.2, 0.25) is 0 Å². The van der Waals surface area contributed by atoms with Crippen LogP contribution in [0.3, 0.4) is 0 Å². The van der Waals surface area contributed by atoms with Gasteiger partial charge in [0.05, 0.1) is 0 Å². The number of hydrogen-bond acceptors (Lipinski definition) is 3. The Morgan fingerprint density at radius 2 is 2.33 bits per heavy atom. The first-order valence-corrected chi connectivity index (χ1v) is 6.14. The monoisotopic (exact) mass is 224 g/mol. The molecule has 0 fully saturated rings. The van der Waals surface area contributed by atoms with Gasteiger partial charge >= 0.3 is 0 Å². The van der Waals surface area contributed by atoms with Crippen LogP contribution in [0.4, 0.5) is 0 Å². The van der Waals surface area contributed by atoms with E-state index in [0.717, 1.165) is 18.7 Å². The van der Waals surface area contributed by atoms with Gasteiger partial charge in [0.2, 0.25) is 0 Å². The van der Waals surface area contributed by atoms with E-state index in [4.69, 9.17) is 5.73 Å². The molecule has 0 unspecified atom stereocenters. The highest BCUT2D eigenvalue weighted by molar-refractivity contribution is 7.09. The summed E-state index contributed by atoms with van der Waals surface area (Å²) < 4.78 is 0. The summed E-state index contributed by atoms with van der Waals surface area (Å²) in [5, 5.41) is 2.12. The molecule has 15 heavy (non-hydrogen) atoms. The summed E-state index contributed by atoms with van der Waals surface area (Å²) in [5.41, 5.74) is 6.67. The van der Waals surface area contributed by atoms with Gasteiger partial charge in [-0.05, 0) is 30.9 Å². The lowest BCUT2D eigenvalue weighted by atomic mass is 10.2. The van der Waals surface area contributed by atoms with E-state index in [9.17, 15) is 0 Å². The van der Waals surface area contributed by atoms with Gasteiger partial charge in [0.1, 0.15) is 0 Å². The second-order valence-corrected chi connectivity index (χ2v) is 5.06. The van der Waals surface area contributed by atoms with Crippen LogP contribution in [-0.2, 0) is 6.54 Å². The third-order valence-corrected chi connectivity index (χ3v) is 3.25. The Labute approximate surface area is 96.4 Å². The lowest BCUT2D eigenvalue weighted by molar-refractivity contribution is 0.233. The zero-order chi connectivity index (χ0) is 11.3. The van der Waals surface area contributed by atoms with Gasteiger partial charge in [-0.15, -0.1) is 11.3 Å². The summed E-state index contributed by atoms with van der Waals surface area (Å²) in [7, 11) is 0. The van der Waals surface area contributed by atoms with Gasteiger partial charge in [-0.2, -0.15) is 0 Å². The van der Waals surface area contributed by atoms with Crippen molar-refractivity contribution in [3.05, 3.63) is 34.5 Å². The van der Waals surface area contributed by atoms with Crippen LogP contribution >= 0.6 is 11.3 Å². The molecule has 2 N–H and O–H groups in total. The van der Waals surface area contributed by atoms with Crippen molar-refractivity contribution in [2.24, 2.45) is 5.73 Å². The smallest absolute Gasteiger partial charge is 0.0334 e. The van der Waals surface area contributed by atoms with Crippen LogP contribution in [0.15, 0.2) is 29.7 Å². The summed E-state index contributed by atoms with van der Waals surface area (Å²) in [6.45, 7) is 10.8. The molecule has 1 aromatic rings. The second-order valence-electron chi connectivity index (χ2n) is 4.03. The molecule has 0 spiro atoms. The molecule has 84 valence electrons. The van der Waals surface area contributed by atoms with Crippen molar-refractivity contribution in [2.75, 3.05) is 13.1 Å². The van der Waals surface area contributed by atoms with Crippen LogP contribution in [0.1, 0.15) is 18.7 Å². The second kappa shape index (κ2) is 6.05. The summed E-state index contributed by atoms with van der Waals surface area (Å²) in [6.07, 6.45) is 0. The standard InChI is InChI=1S/C12H20N2S/c1-10(2)14(8-11(3)7-13)9-12-5-4-6-15-12/h4-6,10H,3,7-9,13H2,1-2H3. The molecule has 0 bridgehead atoms. The fourth-order valence-electron chi connectivity index (χ4n) is 1.38. The number of thiophene rings is 1. The average Bonchev–Trinajstić information content (AvgIpc) is 2.69. The number of hydrogen-bond donors (Lipinski definition) is 1. The van der Waals surface area contributed by atoms with Crippen molar-refractivity contribution < 1.29 is 0 Å². The van der Waals surface area contributed by atoms with Gasteiger partial charge in [-0.1, -0.05) is 12.6 Å². The largest absolute Gasteiger partial charge is 0.327 e. The van der Waals surface area contributed by atoms with Crippen molar-refractivity contribution >= 4 is 11.3 Å². The van der Waals surface area contributed by atoms with Crippen LogP contribution in [0.25, 0.3) is 0 Å². The maximum absolute atomic E-state index is 5.57. The van der Waals surface area contributed by atoms with Crippen molar-refractivity contribution in [1.29, 1.82) is 0 Å². The van der Waals surface area contributed by atoms with Crippen molar-refractivity contribution in [1.82, 2.24) is 4.90 Å². The van der Waals surface area contributed by atoms with E-state index >= 15 is 0 Å². The Hall–Kier alpha value is -0.640. The van der Waals surface area contributed by atoms with E-state index in [1.54, 1.807) is 11.3 Å². The summed E-state index contributed by atoms with van der Waals surface area (Å²) >= 11 is 1.80. The highest BCUT2D eigenvalue weighted by atomic mass is 32.1. The third-order valence-electron chi connectivity index (χ3n) is 2.38. The van der Waals surface area contributed by atoms with Gasteiger partial charge in [0.15, 0.2) is 0 Å². The quantitative estimate of drug-likeness (QED) is 0.752. The van der Waals surface area contributed by atoms with Gasteiger partial charge in [-0.3, -0.25) is 4.90 Å². The van der Waals surface area contributed by atoms with E-state index in [1.165, 1.54) is 4.88 Å². The Kier molecular flexibility index (Phi) is 5.02. The Balaban J connectivity index is 2.55. The molecule has 0 aliphatic rings. The minimum absolute atomic E-state index is 0.524. The Morgan fingerprint density at radius 3 is 2.80 bits per heavy atom. The fraction of sp³-hybridized carbons (Fsp3) is 0.500. The Bertz CT molecular complexity index is 291. The lowest BCUT2D eigenvalue weighted by Gasteiger charge is -2.26. The summed E-state index contributed by atoms with van der Waals surface area (Å²) in [5.74, 6) is 0. The first-order valence-electron chi connectivity index (χ1n) is 5.26. The SMILES string of the molecule is C=C(CN)CN(Cc1cccs1)C(C)C. The molecule has 0 aromatic carbocycles. The zero-order valence-electron chi connectivity index (χ0n) is 9.57. The molecular weight excluding hydrogens is 204 g/mol. The molecule has 0 aliphatic heterocycles. The highest BCUT2D eigenvalue weighted by Crippen LogP contribution is 2.14. The number of rotatable bonds is 6. The third kappa shape index (κ3) is 4.16. The summed E-state index contributed by atoms with van der Waals surface area (Å²) in [4.78, 5) is 3.79. The minimum Gasteiger partial charge on any atom is -0.327 e. The first-order chi connectivity index (χ1) is 7.13. The van der Waals surface area contributed by atoms with E-state index in [2.05, 4.69) is 42.8 Å². The van der Waals surface area contributed by atoms with E-state index in [1.807, 2.05) is 0 Å². The fourth-order valence-corrected chi connectivity index (χ4v) is 2.10. The van der Waals surface area contributed by atoms with Gasteiger partial charge in [0.25, 0.3) is 0 Å². The molecular formula is C12H20N2S. The van der Waals surface area contributed by atoms with Gasteiger partial charge < -0.3 is 5.73 Å². The molecule has 0 aliphatic carbocycles. The zero-order valence-corrected chi connectivity index (χ0v) is 10.4. The molecule has 0 atom stereocenters. The maximum Gasteiger partial charge on any atom is 0.0334 e. The van der Waals surface area contributed by atoms with Crippen molar-refractivity contribution in [3.8, 4) is 0 Å². The molecule has 1 rings (SSSR count). The molecule has 1 aromatic heterocycles. The molecule has 0 amide bonds. The molecule has 0 radical (unpaired) electrons. The minimum atomic E-state index is 0.524. The van der Waals surface area contributed by atoms with Crippen LogP contribution in [0.5, 0.6) is 0 Å². The van der Waals surface area contributed by atoms with E-state index < -0.39 is 0 Å². The lowest BCUT2D eigenvalue weighted by Crippen LogP contribution is -2.33. The molecule has 0 saturated carbocycles. The molecule has 1 heterocycles. The predicted octanol–water partition coefficient (Wildman–Crippen LogP) is 2.47. The normalized spacial score (nSPS) is 11.3. The van der Waals surface area contributed by atoms with Gasteiger partial charge in [0, 0.05) is 30.6 Å². The molecule has 2 nitrogen and oxygen atoms in total. The predicted molar refractivity (Wildman–Crippen MR) is 68.1 cm³/mol. The number of nitrogens with two attached hydrogens (primary N) is 1. The first kappa shape index (κ1) is 12.4. The Morgan fingerprint density at radius 1 is 1.60 bits per heavy atom. The van der Waals surface area contributed by atoms with Crippen molar-refractivity contribution in [2.45, 2.75) is 26.4 Å². The highest BCUT2D eigenvalue weighted by Gasteiger charge is 2.11. The maximum atomic E-state index is 5.57. The summed E-state index contributed by atoms with van der Waals surface area (Å²) in [6, 6.07) is 4.79. The topological polar surface area (TPSA) is 29.3 Å². The van der Waals surface area contributed by atoms with E-state index in [0.29, 0.717) is 12.6 Å². The van der Waals surface area contributed by atoms with Crippen LogP contribution in [0, 0.1) is 0 Å². The number of nitrogens with zero attached hydrogens (tertiary/aromatic N) is 1. The van der Waals surface area contributed by atoms with Gasteiger partial charge in [-0.25, -0.2) is 0 Å². The average molecular weight is 224 g/mol. The van der Waals surface area contributed by atoms with Crippen molar-refractivity contribution in [3.63, 3.8) is 0 Å². The molecule has 0 saturated heterocycles. The van der Waals surface area contributed by atoms with Crippen LogP contribution < -0.4 is 5.73 Å². The molecule has 3 heteroatoms. The van der Waals surface area contributed by atoms with Crippen LogP contribution in [-0.4, -0.2) is 24.0 Å². The van der Waals surface area contributed by atoms with E-state index in [-0.39, 0.29) is 0 Å².